The van der Waals surface area contributed by atoms with Crippen molar-refractivity contribution < 1.29 is 14.3 Å². The first-order chi connectivity index (χ1) is 16.5. The van der Waals surface area contributed by atoms with Crippen molar-refractivity contribution in [3.8, 4) is 5.75 Å². The Hall–Kier alpha value is -3.93. The van der Waals surface area contributed by atoms with Crippen molar-refractivity contribution in [3.05, 3.63) is 102 Å². The van der Waals surface area contributed by atoms with Gasteiger partial charge in [-0.25, -0.2) is 0 Å². The SMILES string of the molecule is CCN(Cc1ccccc1)C1=C(c2ccc(OC(C)C)cc2)C(=O)N(Cc2ccncc2)C1=O. The molecule has 0 unspecified atom stereocenters. The monoisotopic (exact) mass is 455 g/mol. The molecule has 0 bridgehead atoms. The Bertz CT molecular complexity index is 1170. The third-order valence-corrected chi connectivity index (χ3v) is 5.66. The van der Waals surface area contributed by atoms with E-state index in [0.717, 1.165) is 16.9 Å². The van der Waals surface area contributed by atoms with Gasteiger partial charge in [-0.05, 0) is 61.7 Å². The lowest BCUT2D eigenvalue weighted by Gasteiger charge is -2.25. The van der Waals surface area contributed by atoms with E-state index in [2.05, 4.69) is 4.98 Å². The van der Waals surface area contributed by atoms with Gasteiger partial charge in [-0.3, -0.25) is 19.5 Å². The first kappa shape index (κ1) is 23.2. The van der Waals surface area contributed by atoms with Crippen LogP contribution in [0.5, 0.6) is 5.75 Å². The lowest BCUT2D eigenvalue weighted by molar-refractivity contribution is -0.138. The number of benzene rings is 2. The first-order valence-corrected chi connectivity index (χ1v) is 11.5. The number of aromatic nitrogens is 1. The molecule has 1 aromatic heterocycles. The second kappa shape index (κ2) is 10.3. The molecule has 0 radical (unpaired) electrons. The van der Waals surface area contributed by atoms with Gasteiger partial charge >= 0.3 is 0 Å². The van der Waals surface area contributed by atoms with Gasteiger partial charge in [-0.1, -0.05) is 42.5 Å². The fraction of sp³-hybridized carbons (Fsp3) is 0.250. The number of carbonyl (C=O) groups is 2. The van der Waals surface area contributed by atoms with Crippen LogP contribution in [0.25, 0.3) is 5.57 Å². The van der Waals surface area contributed by atoms with Crippen LogP contribution in [0.15, 0.2) is 84.8 Å². The van der Waals surface area contributed by atoms with Gasteiger partial charge in [-0.2, -0.15) is 0 Å². The number of imide groups is 1. The number of carbonyl (C=O) groups excluding carboxylic acids is 2. The second-order valence-corrected chi connectivity index (χ2v) is 8.47. The number of likely N-dealkylation sites (N-methyl/N-ethyl adjacent to an activating group) is 1. The summed E-state index contributed by atoms with van der Waals surface area (Å²) in [5.41, 5.74) is 3.48. The van der Waals surface area contributed by atoms with Crippen molar-refractivity contribution in [1.29, 1.82) is 0 Å². The summed E-state index contributed by atoms with van der Waals surface area (Å²) < 4.78 is 5.76. The summed E-state index contributed by atoms with van der Waals surface area (Å²) in [5, 5.41) is 0. The molecule has 34 heavy (non-hydrogen) atoms. The number of nitrogens with zero attached hydrogens (tertiary/aromatic N) is 3. The molecule has 0 spiro atoms. The summed E-state index contributed by atoms with van der Waals surface area (Å²) >= 11 is 0. The van der Waals surface area contributed by atoms with Crippen LogP contribution >= 0.6 is 0 Å². The average Bonchev–Trinajstić information content (AvgIpc) is 3.09. The smallest absolute Gasteiger partial charge is 0.278 e. The van der Waals surface area contributed by atoms with Gasteiger partial charge in [0.15, 0.2) is 0 Å². The van der Waals surface area contributed by atoms with E-state index >= 15 is 0 Å². The molecule has 0 N–H and O–H groups in total. The molecular weight excluding hydrogens is 426 g/mol. The summed E-state index contributed by atoms with van der Waals surface area (Å²) in [7, 11) is 0. The van der Waals surface area contributed by atoms with Crippen LogP contribution in [0.2, 0.25) is 0 Å². The van der Waals surface area contributed by atoms with Crippen LogP contribution < -0.4 is 4.74 Å². The summed E-state index contributed by atoms with van der Waals surface area (Å²) in [6, 6.07) is 21.0. The van der Waals surface area contributed by atoms with Crippen molar-refractivity contribution in [2.75, 3.05) is 6.54 Å². The highest BCUT2D eigenvalue weighted by atomic mass is 16.5. The van der Waals surface area contributed by atoms with Gasteiger partial charge in [-0.15, -0.1) is 0 Å². The third kappa shape index (κ3) is 5.01. The summed E-state index contributed by atoms with van der Waals surface area (Å²) in [6.07, 6.45) is 3.38. The molecule has 0 saturated heterocycles. The Morgan fingerprint density at radius 1 is 0.882 bits per heavy atom. The number of rotatable bonds is 9. The second-order valence-electron chi connectivity index (χ2n) is 8.47. The largest absolute Gasteiger partial charge is 0.491 e. The fourth-order valence-corrected chi connectivity index (χ4v) is 4.06. The lowest BCUT2D eigenvalue weighted by atomic mass is 10.0. The van der Waals surface area contributed by atoms with Crippen LogP contribution in [0.4, 0.5) is 0 Å². The van der Waals surface area contributed by atoms with E-state index in [9.17, 15) is 9.59 Å². The molecule has 0 atom stereocenters. The molecule has 2 heterocycles. The molecule has 2 amide bonds. The number of hydrogen-bond donors (Lipinski definition) is 0. The van der Waals surface area contributed by atoms with Gasteiger partial charge in [0.05, 0.1) is 18.2 Å². The van der Waals surface area contributed by atoms with Crippen LogP contribution in [-0.4, -0.2) is 39.2 Å². The third-order valence-electron chi connectivity index (χ3n) is 5.66. The van der Waals surface area contributed by atoms with Crippen LogP contribution in [0.3, 0.4) is 0 Å². The molecule has 174 valence electrons. The van der Waals surface area contributed by atoms with Crippen molar-refractivity contribution in [2.24, 2.45) is 0 Å². The maximum Gasteiger partial charge on any atom is 0.278 e. The standard InChI is InChI=1S/C28H29N3O3/c1-4-30(18-21-8-6-5-7-9-21)26-25(23-10-12-24(13-11-23)34-20(2)3)27(32)31(28(26)33)19-22-14-16-29-17-15-22/h5-17,20H,4,18-19H2,1-3H3. The van der Waals surface area contributed by atoms with Gasteiger partial charge in [0.1, 0.15) is 11.4 Å². The molecule has 1 aliphatic rings. The van der Waals surface area contributed by atoms with Gasteiger partial charge in [0, 0.05) is 25.5 Å². The molecule has 0 saturated carbocycles. The summed E-state index contributed by atoms with van der Waals surface area (Å²) in [5.74, 6) is 0.154. The highest BCUT2D eigenvalue weighted by Crippen LogP contribution is 2.34. The molecule has 0 aliphatic carbocycles. The van der Waals surface area contributed by atoms with E-state index in [1.807, 2.05) is 92.4 Å². The topological polar surface area (TPSA) is 62.7 Å². The summed E-state index contributed by atoms with van der Waals surface area (Å²) in [6.45, 7) is 7.25. The predicted molar refractivity (Wildman–Crippen MR) is 131 cm³/mol. The maximum atomic E-state index is 13.7. The fourth-order valence-electron chi connectivity index (χ4n) is 4.06. The van der Waals surface area contributed by atoms with E-state index in [0.29, 0.717) is 29.9 Å². The Morgan fingerprint density at radius 2 is 1.56 bits per heavy atom. The minimum absolute atomic E-state index is 0.0487. The summed E-state index contributed by atoms with van der Waals surface area (Å²) in [4.78, 5) is 34.7. The number of amides is 2. The Morgan fingerprint density at radius 3 is 2.18 bits per heavy atom. The van der Waals surface area contributed by atoms with Gasteiger partial charge in [0.25, 0.3) is 11.8 Å². The molecule has 3 aromatic rings. The van der Waals surface area contributed by atoms with Gasteiger partial charge in [0.2, 0.25) is 0 Å². The number of ether oxygens (including phenoxy) is 1. The van der Waals surface area contributed by atoms with E-state index < -0.39 is 0 Å². The minimum atomic E-state index is -0.291. The zero-order valence-corrected chi connectivity index (χ0v) is 19.8. The van der Waals surface area contributed by atoms with E-state index in [1.165, 1.54) is 4.90 Å². The Labute approximate surface area is 200 Å². The van der Waals surface area contributed by atoms with E-state index in [4.69, 9.17) is 4.74 Å². The highest BCUT2D eigenvalue weighted by Gasteiger charge is 2.41. The maximum absolute atomic E-state index is 13.7. The van der Waals surface area contributed by atoms with E-state index in [1.54, 1.807) is 12.4 Å². The molecule has 2 aromatic carbocycles. The molecular formula is C28H29N3O3. The van der Waals surface area contributed by atoms with Crippen molar-refractivity contribution in [2.45, 2.75) is 40.0 Å². The molecule has 1 aliphatic heterocycles. The van der Waals surface area contributed by atoms with Gasteiger partial charge < -0.3 is 9.64 Å². The molecule has 0 fully saturated rings. The predicted octanol–water partition coefficient (Wildman–Crippen LogP) is 4.67. The number of pyridine rings is 1. The normalized spacial score (nSPS) is 13.7. The van der Waals surface area contributed by atoms with Crippen LogP contribution in [0.1, 0.15) is 37.5 Å². The zero-order chi connectivity index (χ0) is 24.1. The molecule has 6 nitrogen and oxygen atoms in total. The van der Waals surface area contributed by atoms with E-state index in [-0.39, 0.29) is 24.5 Å². The lowest BCUT2D eigenvalue weighted by Crippen LogP contribution is -2.34. The Kier molecular flexibility index (Phi) is 7.07. The zero-order valence-electron chi connectivity index (χ0n) is 19.8. The Balaban J connectivity index is 1.74. The van der Waals surface area contributed by atoms with Crippen molar-refractivity contribution in [1.82, 2.24) is 14.8 Å². The minimum Gasteiger partial charge on any atom is -0.491 e. The highest BCUT2D eigenvalue weighted by molar-refractivity contribution is 6.35. The van der Waals surface area contributed by atoms with Crippen molar-refractivity contribution >= 4 is 17.4 Å². The molecule has 6 heteroatoms. The first-order valence-electron chi connectivity index (χ1n) is 11.5. The van der Waals surface area contributed by atoms with Crippen LogP contribution in [-0.2, 0) is 22.7 Å². The quantitative estimate of drug-likeness (QED) is 0.439. The molecule has 4 rings (SSSR count). The van der Waals surface area contributed by atoms with Crippen molar-refractivity contribution in [3.63, 3.8) is 0 Å². The average molecular weight is 456 g/mol. The van der Waals surface area contributed by atoms with Crippen LogP contribution in [0, 0.1) is 0 Å². The number of hydrogen-bond acceptors (Lipinski definition) is 5.